The molecule has 1 aromatic heterocycles. The van der Waals surface area contributed by atoms with Crippen LogP contribution < -0.4 is 0 Å². The number of piperidine rings is 1. The third-order valence-electron chi connectivity index (χ3n) is 7.83. The van der Waals surface area contributed by atoms with E-state index in [1.165, 1.54) is 17.7 Å². The highest BCUT2D eigenvalue weighted by molar-refractivity contribution is 6.31. The number of imidazole rings is 1. The summed E-state index contributed by atoms with van der Waals surface area (Å²) < 4.78 is 20.6. The highest BCUT2D eigenvalue weighted by Crippen LogP contribution is 2.36. The van der Waals surface area contributed by atoms with Gasteiger partial charge in [0.1, 0.15) is 18.2 Å². The van der Waals surface area contributed by atoms with Crippen LogP contribution in [-0.4, -0.2) is 28.0 Å². The van der Waals surface area contributed by atoms with Crippen molar-refractivity contribution >= 4 is 28.3 Å². The van der Waals surface area contributed by atoms with Crippen molar-refractivity contribution in [1.82, 2.24) is 14.9 Å². The first-order chi connectivity index (χ1) is 20.1. The molecule has 41 heavy (non-hydrogen) atoms. The lowest BCUT2D eigenvalue weighted by atomic mass is 9.86. The standard InChI is InChI=1S/C34H30ClFN4O/c1-37-28-9-5-8-27(18-28)24-10-12-25(13-11-24)34(26-14-16-40(17-15-26)21-23-6-3-2-4-7-23)41-22-33-38-31-19-29(35)30(36)20-32(31)39-33/h2-13,18-20,26,34H,14-17,21-22H2,(H,38,39). The number of likely N-dealkylation sites (tertiary alicyclic amines) is 1. The Morgan fingerprint density at radius 1 is 0.976 bits per heavy atom. The molecule has 0 bridgehead atoms. The smallest absolute Gasteiger partial charge is 0.187 e. The van der Waals surface area contributed by atoms with Crippen molar-refractivity contribution in [3.05, 3.63) is 130 Å². The van der Waals surface area contributed by atoms with Gasteiger partial charge in [-0.2, -0.15) is 0 Å². The summed E-state index contributed by atoms with van der Waals surface area (Å²) in [5.74, 6) is 0.507. The molecule has 206 valence electrons. The second-order valence-corrected chi connectivity index (χ2v) is 11.0. The number of ether oxygens (including phenoxy) is 1. The number of rotatable bonds is 8. The number of nitrogens with zero attached hydrogens (tertiary/aromatic N) is 3. The Labute approximate surface area is 244 Å². The summed E-state index contributed by atoms with van der Waals surface area (Å²) in [7, 11) is 0. The number of halogens is 2. The molecule has 7 heteroatoms. The third-order valence-corrected chi connectivity index (χ3v) is 8.12. The van der Waals surface area contributed by atoms with E-state index < -0.39 is 5.82 Å². The van der Waals surface area contributed by atoms with E-state index in [2.05, 4.69) is 74.3 Å². The number of hydrogen-bond acceptors (Lipinski definition) is 3. The molecule has 1 unspecified atom stereocenters. The van der Waals surface area contributed by atoms with Crippen molar-refractivity contribution in [3.8, 4) is 11.1 Å². The van der Waals surface area contributed by atoms with Gasteiger partial charge < -0.3 is 9.72 Å². The quantitative estimate of drug-likeness (QED) is 0.192. The van der Waals surface area contributed by atoms with Crippen molar-refractivity contribution in [1.29, 1.82) is 0 Å². The number of aromatic nitrogens is 2. The number of nitrogens with one attached hydrogen (secondary N) is 1. The summed E-state index contributed by atoms with van der Waals surface area (Å²) in [4.78, 5) is 13.8. The highest BCUT2D eigenvalue weighted by Gasteiger charge is 2.29. The van der Waals surface area contributed by atoms with Crippen molar-refractivity contribution in [2.75, 3.05) is 13.1 Å². The molecule has 0 radical (unpaired) electrons. The molecule has 1 aliphatic heterocycles. The Morgan fingerprint density at radius 2 is 1.76 bits per heavy atom. The molecule has 1 N–H and O–H groups in total. The molecule has 2 heterocycles. The second-order valence-electron chi connectivity index (χ2n) is 10.6. The average Bonchev–Trinajstić information content (AvgIpc) is 3.40. The van der Waals surface area contributed by atoms with Gasteiger partial charge in [-0.25, -0.2) is 14.2 Å². The SMILES string of the molecule is [C-]#[N+]c1cccc(-c2ccc(C(OCc3nc4cc(Cl)c(F)cc4[nH]3)C3CCN(Cc4ccccc4)CC3)cc2)c1. The first-order valence-electron chi connectivity index (χ1n) is 13.8. The minimum absolute atomic E-state index is 0.0543. The van der Waals surface area contributed by atoms with Crippen LogP contribution in [0.1, 0.15) is 35.9 Å². The summed E-state index contributed by atoms with van der Waals surface area (Å²) in [6, 6.07) is 29.6. The molecule has 4 aromatic carbocycles. The minimum Gasteiger partial charge on any atom is -0.365 e. The van der Waals surface area contributed by atoms with Crippen LogP contribution in [0.5, 0.6) is 0 Å². The van der Waals surface area contributed by atoms with Gasteiger partial charge in [-0.1, -0.05) is 84.4 Å². The fourth-order valence-corrected chi connectivity index (χ4v) is 5.83. The van der Waals surface area contributed by atoms with Crippen LogP contribution in [0.2, 0.25) is 5.02 Å². The first kappa shape index (κ1) is 27.2. The number of hydrogen-bond donors (Lipinski definition) is 1. The Bertz CT molecular complexity index is 1630. The van der Waals surface area contributed by atoms with Crippen LogP contribution in [0.25, 0.3) is 27.0 Å². The molecule has 0 amide bonds. The molecule has 1 saturated heterocycles. The highest BCUT2D eigenvalue weighted by atomic mass is 35.5. The molecule has 0 aliphatic carbocycles. The maximum absolute atomic E-state index is 14.0. The van der Waals surface area contributed by atoms with Gasteiger partial charge >= 0.3 is 0 Å². The third kappa shape index (κ3) is 6.34. The van der Waals surface area contributed by atoms with Crippen molar-refractivity contribution in [2.45, 2.75) is 32.1 Å². The van der Waals surface area contributed by atoms with Gasteiger partial charge in [0.15, 0.2) is 5.69 Å². The number of aromatic amines is 1. The maximum atomic E-state index is 14.0. The average molecular weight is 565 g/mol. The maximum Gasteiger partial charge on any atom is 0.187 e. The van der Waals surface area contributed by atoms with Gasteiger partial charge in [0.25, 0.3) is 0 Å². The Balaban J connectivity index is 1.21. The first-order valence-corrected chi connectivity index (χ1v) is 14.2. The van der Waals surface area contributed by atoms with Crippen LogP contribution in [-0.2, 0) is 17.9 Å². The predicted molar refractivity (Wildman–Crippen MR) is 161 cm³/mol. The predicted octanol–water partition coefficient (Wildman–Crippen LogP) is 8.74. The largest absolute Gasteiger partial charge is 0.365 e. The number of fused-ring (bicyclic) bond motifs is 1. The van der Waals surface area contributed by atoms with Crippen molar-refractivity contribution < 1.29 is 9.13 Å². The summed E-state index contributed by atoms with van der Waals surface area (Å²) in [6.45, 7) is 10.6. The summed E-state index contributed by atoms with van der Waals surface area (Å²) >= 11 is 5.96. The molecular weight excluding hydrogens is 535 g/mol. The lowest BCUT2D eigenvalue weighted by molar-refractivity contribution is -0.0243. The molecule has 0 spiro atoms. The molecule has 6 rings (SSSR count). The molecule has 1 fully saturated rings. The second kappa shape index (κ2) is 12.2. The van der Waals surface area contributed by atoms with E-state index in [-0.39, 0.29) is 17.7 Å². The molecular formula is C34H30ClFN4O. The van der Waals surface area contributed by atoms with Crippen LogP contribution >= 0.6 is 11.6 Å². The topological polar surface area (TPSA) is 45.5 Å². The molecule has 0 saturated carbocycles. The van der Waals surface area contributed by atoms with E-state index in [0.717, 1.165) is 49.2 Å². The van der Waals surface area contributed by atoms with E-state index in [9.17, 15) is 4.39 Å². The van der Waals surface area contributed by atoms with Crippen LogP contribution in [0.15, 0.2) is 91.0 Å². The fraction of sp³-hybridized carbons (Fsp3) is 0.235. The van der Waals surface area contributed by atoms with Crippen LogP contribution in [0.3, 0.4) is 0 Å². The summed E-state index contributed by atoms with van der Waals surface area (Å²) in [6.07, 6.45) is 1.92. The van der Waals surface area contributed by atoms with Gasteiger partial charge in [-0.3, -0.25) is 4.90 Å². The summed E-state index contributed by atoms with van der Waals surface area (Å²) in [5.41, 5.74) is 6.37. The van der Waals surface area contributed by atoms with E-state index in [4.69, 9.17) is 22.9 Å². The minimum atomic E-state index is -0.475. The van der Waals surface area contributed by atoms with Gasteiger partial charge in [0.2, 0.25) is 0 Å². The lowest BCUT2D eigenvalue weighted by Crippen LogP contribution is -2.35. The molecule has 1 atom stereocenters. The number of H-pyrrole nitrogens is 1. The Morgan fingerprint density at radius 3 is 2.51 bits per heavy atom. The van der Waals surface area contributed by atoms with Crippen molar-refractivity contribution in [3.63, 3.8) is 0 Å². The molecule has 5 nitrogen and oxygen atoms in total. The molecule has 5 aromatic rings. The van der Waals surface area contributed by atoms with Crippen LogP contribution in [0.4, 0.5) is 10.1 Å². The van der Waals surface area contributed by atoms with Gasteiger partial charge in [0, 0.05) is 12.6 Å². The molecule has 1 aliphatic rings. The lowest BCUT2D eigenvalue weighted by Gasteiger charge is -2.36. The Kier molecular flexibility index (Phi) is 8.11. The van der Waals surface area contributed by atoms with Crippen LogP contribution in [0, 0.1) is 18.3 Å². The Hall–Kier alpha value is -4.02. The zero-order valence-corrected chi connectivity index (χ0v) is 23.3. The fourth-order valence-electron chi connectivity index (χ4n) is 5.67. The normalized spacial score (nSPS) is 15.1. The monoisotopic (exact) mass is 564 g/mol. The van der Waals surface area contributed by atoms with E-state index >= 15 is 0 Å². The van der Waals surface area contributed by atoms with Gasteiger partial charge in [-0.15, -0.1) is 0 Å². The summed E-state index contributed by atoms with van der Waals surface area (Å²) in [5, 5.41) is 0.0543. The van der Waals surface area contributed by atoms with E-state index in [1.807, 2.05) is 24.3 Å². The zero-order chi connectivity index (χ0) is 28.2. The van der Waals surface area contributed by atoms with Gasteiger partial charge in [0.05, 0.1) is 28.7 Å². The van der Waals surface area contributed by atoms with E-state index in [0.29, 0.717) is 28.5 Å². The van der Waals surface area contributed by atoms with E-state index in [1.54, 1.807) is 0 Å². The van der Waals surface area contributed by atoms with Crippen molar-refractivity contribution in [2.24, 2.45) is 5.92 Å². The number of benzene rings is 4. The zero-order valence-electron chi connectivity index (χ0n) is 22.6. The van der Waals surface area contributed by atoms with Gasteiger partial charge in [-0.05, 0) is 66.2 Å².